The van der Waals surface area contributed by atoms with Crippen LogP contribution in [0.3, 0.4) is 0 Å². The van der Waals surface area contributed by atoms with Crippen molar-refractivity contribution in [3.8, 4) is 5.75 Å². The Balaban J connectivity index is 1.64. The van der Waals surface area contributed by atoms with Gasteiger partial charge in [0.05, 0.1) is 19.9 Å². The second-order valence-corrected chi connectivity index (χ2v) is 10.1. The Morgan fingerprint density at radius 1 is 0.900 bits per heavy atom. The van der Waals surface area contributed by atoms with Gasteiger partial charge in [-0.05, 0) is 87.1 Å². The lowest BCUT2D eigenvalue weighted by Gasteiger charge is -2.12. The van der Waals surface area contributed by atoms with Gasteiger partial charge in [-0.2, -0.15) is 5.10 Å². The SMILES string of the molecule is Clc1ccc(COc2c(I)cc(/C=N/NCc3c(Cl)cccc3Cl)cc2I)c(Cl)c1. The van der Waals surface area contributed by atoms with Crippen LogP contribution in [0.2, 0.25) is 20.1 Å². The summed E-state index contributed by atoms with van der Waals surface area (Å²) in [5.41, 5.74) is 5.61. The van der Waals surface area contributed by atoms with Crippen molar-refractivity contribution < 1.29 is 4.74 Å². The minimum Gasteiger partial charge on any atom is -0.487 e. The quantitative estimate of drug-likeness (QED) is 0.153. The van der Waals surface area contributed by atoms with E-state index < -0.39 is 0 Å². The summed E-state index contributed by atoms with van der Waals surface area (Å²) in [7, 11) is 0. The molecule has 0 fully saturated rings. The summed E-state index contributed by atoms with van der Waals surface area (Å²) in [4.78, 5) is 0. The largest absolute Gasteiger partial charge is 0.487 e. The molecule has 0 unspecified atom stereocenters. The molecule has 0 aliphatic carbocycles. The van der Waals surface area contributed by atoms with Gasteiger partial charge in [0.25, 0.3) is 0 Å². The molecule has 0 spiro atoms. The van der Waals surface area contributed by atoms with Crippen molar-refractivity contribution in [1.82, 2.24) is 5.43 Å². The first kappa shape index (κ1) is 24.2. The summed E-state index contributed by atoms with van der Waals surface area (Å²) in [6, 6.07) is 14.8. The molecule has 0 aromatic heterocycles. The van der Waals surface area contributed by atoms with Gasteiger partial charge >= 0.3 is 0 Å². The topological polar surface area (TPSA) is 33.6 Å². The van der Waals surface area contributed by atoms with Gasteiger partial charge in [0.15, 0.2) is 0 Å². The number of rotatable bonds is 7. The summed E-state index contributed by atoms with van der Waals surface area (Å²) in [6.45, 7) is 0.793. The number of nitrogens with zero attached hydrogens (tertiary/aromatic N) is 1. The average molecular weight is 706 g/mol. The van der Waals surface area contributed by atoms with Crippen LogP contribution in [-0.2, 0) is 13.2 Å². The number of hydrogen-bond donors (Lipinski definition) is 1. The maximum Gasteiger partial charge on any atom is 0.146 e. The van der Waals surface area contributed by atoms with E-state index in [0.29, 0.717) is 33.2 Å². The van der Waals surface area contributed by atoms with Crippen LogP contribution < -0.4 is 10.2 Å². The zero-order valence-corrected chi connectivity index (χ0v) is 22.6. The van der Waals surface area contributed by atoms with E-state index in [9.17, 15) is 0 Å². The smallest absolute Gasteiger partial charge is 0.146 e. The number of ether oxygens (including phenoxy) is 1. The molecule has 9 heteroatoms. The second kappa shape index (κ2) is 11.4. The molecule has 3 rings (SSSR count). The molecular weight excluding hydrogens is 692 g/mol. The van der Waals surface area contributed by atoms with Gasteiger partial charge in [-0.25, -0.2) is 0 Å². The molecule has 3 aromatic rings. The van der Waals surface area contributed by atoms with E-state index in [1.54, 1.807) is 30.5 Å². The third-order valence-electron chi connectivity index (χ3n) is 4.03. The highest BCUT2D eigenvalue weighted by Crippen LogP contribution is 2.30. The third kappa shape index (κ3) is 6.53. The number of hydrogen-bond acceptors (Lipinski definition) is 3. The summed E-state index contributed by atoms with van der Waals surface area (Å²) in [5, 5.41) is 6.67. The highest BCUT2D eigenvalue weighted by Gasteiger charge is 2.10. The van der Waals surface area contributed by atoms with Gasteiger partial charge in [-0.1, -0.05) is 58.5 Å². The Morgan fingerprint density at radius 2 is 1.57 bits per heavy atom. The van der Waals surface area contributed by atoms with E-state index in [1.807, 2.05) is 24.3 Å². The Kier molecular flexibility index (Phi) is 9.22. The lowest BCUT2D eigenvalue weighted by atomic mass is 10.2. The van der Waals surface area contributed by atoms with Crippen molar-refractivity contribution in [1.29, 1.82) is 0 Å². The fourth-order valence-corrected chi connectivity index (χ4v) is 5.65. The zero-order chi connectivity index (χ0) is 21.7. The van der Waals surface area contributed by atoms with Crippen LogP contribution >= 0.6 is 91.6 Å². The molecule has 0 amide bonds. The molecule has 0 saturated heterocycles. The second-order valence-electron chi connectivity index (χ2n) is 6.13. The number of halogens is 6. The van der Waals surface area contributed by atoms with E-state index in [2.05, 4.69) is 55.7 Å². The maximum absolute atomic E-state index is 6.23. The fourth-order valence-electron chi connectivity index (χ4n) is 2.53. The Labute approximate surface area is 222 Å². The predicted molar refractivity (Wildman–Crippen MR) is 144 cm³/mol. The summed E-state index contributed by atoms with van der Waals surface area (Å²) >= 11 is 29.0. The van der Waals surface area contributed by atoms with Gasteiger partial charge in [0.1, 0.15) is 12.4 Å². The van der Waals surface area contributed by atoms with Crippen molar-refractivity contribution in [2.45, 2.75) is 13.2 Å². The first-order chi connectivity index (χ1) is 14.3. The van der Waals surface area contributed by atoms with Crippen molar-refractivity contribution in [2.24, 2.45) is 5.10 Å². The molecule has 3 nitrogen and oxygen atoms in total. The van der Waals surface area contributed by atoms with Gasteiger partial charge in [0, 0.05) is 31.2 Å². The molecule has 30 heavy (non-hydrogen) atoms. The van der Waals surface area contributed by atoms with E-state index in [1.165, 1.54) is 0 Å². The minimum atomic E-state index is 0.357. The number of benzene rings is 3. The predicted octanol–water partition coefficient (Wildman–Crippen LogP) is 8.21. The van der Waals surface area contributed by atoms with Crippen molar-refractivity contribution in [3.05, 3.63) is 92.5 Å². The highest BCUT2D eigenvalue weighted by atomic mass is 127. The molecule has 1 N–H and O–H groups in total. The molecule has 3 aromatic carbocycles. The summed E-state index contributed by atoms with van der Waals surface area (Å²) in [6.07, 6.45) is 1.74. The Bertz CT molecular complexity index is 1050. The Hall–Kier alpha value is -0.450. The van der Waals surface area contributed by atoms with Crippen LogP contribution in [0, 0.1) is 7.14 Å². The van der Waals surface area contributed by atoms with Gasteiger partial charge in [-0.15, -0.1) is 0 Å². The molecular formula is C21H14Cl4I2N2O. The monoisotopic (exact) mass is 704 g/mol. The van der Waals surface area contributed by atoms with Crippen LogP contribution in [0.1, 0.15) is 16.7 Å². The molecule has 156 valence electrons. The van der Waals surface area contributed by atoms with Crippen molar-refractivity contribution in [3.63, 3.8) is 0 Å². The van der Waals surface area contributed by atoms with Gasteiger partial charge < -0.3 is 10.2 Å². The van der Waals surface area contributed by atoms with E-state index in [-0.39, 0.29) is 0 Å². The van der Waals surface area contributed by atoms with Crippen LogP contribution in [0.5, 0.6) is 5.75 Å². The Morgan fingerprint density at radius 3 is 2.20 bits per heavy atom. The molecule has 0 atom stereocenters. The number of hydrazone groups is 1. The van der Waals surface area contributed by atoms with Crippen LogP contribution in [0.4, 0.5) is 0 Å². The van der Waals surface area contributed by atoms with Crippen molar-refractivity contribution >= 4 is 97.8 Å². The fraction of sp³-hybridized carbons (Fsp3) is 0.0952. The van der Waals surface area contributed by atoms with E-state index in [4.69, 9.17) is 51.1 Å². The summed E-state index contributed by atoms with van der Waals surface area (Å²) in [5.74, 6) is 0.801. The zero-order valence-electron chi connectivity index (χ0n) is 15.2. The van der Waals surface area contributed by atoms with Crippen LogP contribution in [0.15, 0.2) is 53.6 Å². The highest BCUT2D eigenvalue weighted by molar-refractivity contribution is 14.1. The standard InChI is InChI=1S/C21H14Cl4I2N2O/c22-14-5-4-13(18(25)8-14)11-30-21-19(26)6-12(7-20(21)27)9-28-29-10-15-16(23)2-1-3-17(15)24/h1-9,29H,10-11H2/b28-9+. The van der Waals surface area contributed by atoms with Crippen molar-refractivity contribution in [2.75, 3.05) is 0 Å². The van der Waals surface area contributed by atoms with E-state index >= 15 is 0 Å². The molecule has 0 bridgehead atoms. The molecule has 0 aliphatic heterocycles. The average Bonchev–Trinajstić information content (AvgIpc) is 2.68. The van der Waals surface area contributed by atoms with Crippen LogP contribution in [0.25, 0.3) is 0 Å². The molecule has 0 heterocycles. The van der Waals surface area contributed by atoms with E-state index in [0.717, 1.165) is 29.6 Å². The molecule has 0 aliphatic rings. The normalized spacial score (nSPS) is 11.1. The van der Waals surface area contributed by atoms with Gasteiger partial charge in [-0.3, -0.25) is 0 Å². The lowest BCUT2D eigenvalue weighted by Crippen LogP contribution is -2.07. The maximum atomic E-state index is 6.23. The number of nitrogens with one attached hydrogen (secondary N) is 1. The van der Waals surface area contributed by atoms with Gasteiger partial charge in [0.2, 0.25) is 0 Å². The third-order valence-corrected chi connectivity index (χ3v) is 6.93. The molecule has 0 radical (unpaired) electrons. The van der Waals surface area contributed by atoms with Crippen LogP contribution in [-0.4, -0.2) is 6.21 Å². The molecule has 0 saturated carbocycles. The first-order valence-electron chi connectivity index (χ1n) is 8.59. The minimum absolute atomic E-state index is 0.357. The lowest BCUT2D eigenvalue weighted by molar-refractivity contribution is 0.302. The first-order valence-corrected chi connectivity index (χ1v) is 12.3. The summed E-state index contributed by atoms with van der Waals surface area (Å²) < 4.78 is 7.95.